The fraction of sp³-hybridized carbons (Fsp3) is 0.500. The molecule has 0 aromatic carbocycles. The second-order valence-corrected chi connectivity index (χ2v) is 4.39. The highest BCUT2D eigenvalue weighted by molar-refractivity contribution is 8.12. The standard InChI is InChI=1S/C10H15N4S/c1-4-7-14-9(6-5-8(2)13-14)11-12-10(14)15-3/h5-6H,4,7H2,1-3H3/q+1. The van der Waals surface area contributed by atoms with Crippen molar-refractivity contribution in [1.82, 2.24) is 0 Å². The third-order valence-electron chi connectivity index (χ3n) is 2.47. The number of hydrogen-bond acceptors (Lipinski definition) is 4. The molecule has 0 bridgehead atoms. The van der Waals surface area contributed by atoms with Crippen molar-refractivity contribution >= 4 is 28.5 Å². The van der Waals surface area contributed by atoms with Crippen LogP contribution in [0, 0.1) is 0 Å². The van der Waals surface area contributed by atoms with Crippen molar-refractivity contribution in [2.24, 2.45) is 15.3 Å². The Morgan fingerprint density at radius 2 is 2.13 bits per heavy atom. The van der Waals surface area contributed by atoms with E-state index in [1.165, 1.54) is 0 Å². The quantitative estimate of drug-likeness (QED) is 0.661. The van der Waals surface area contributed by atoms with Crippen LogP contribution in [0.15, 0.2) is 27.5 Å². The van der Waals surface area contributed by atoms with Crippen LogP contribution < -0.4 is 0 Å². The molecule has 1 unspecified atom stereocenters. The zero-order chi connectivity index (χ0) is 10.9. The average molecular weight is 223 g/mol. The lowest BCUT2D eigenvalue weighted by Crippen LogP contribution is -2.50. The molecule has 80 valence electrons. The van der Waals surface area contributed by atoms with Crippen molar-refractivity contribution in [3.8, 4) is 0 Å². The lowest BCUT2D eigenvalue weighted by Gasteiger charge is -2.28. The summed E-state index contributed by atoms with van der Waals surface area (Å²) in [6.45, 7) is 5.10. The zero-order valence-electron chi connectivity index (χ0n) is 9.27. The van der Waals surface area contributed by atoms with Crippen LogP contribution in [0.2, 0.25) is 0 Å². The highest BCUT2D eigenvalue weighted by Gasteiger charge is 2.45. The Balaban J connectivity index is 2.44. The van der Waals surface area contributed by atoms with Gasteiger partial charge in [-0.15, -0.1) is 0 Å². The van der Waals surface area contributed by atoms with Gasteiger partial charge in [-0.3, -0.25) is 0 Å². The number of quaternary nitrogens is 1. The summed E-state index contributed by atoms with van der Waals surface area (Å²) in [6.07, 6.45) is 7.09. The molecule has 0 aromatic rings. The van der Waals surface area contributed by atoms with Crippen LogP contribution in [0.25, 0.3) is 0 Å². The lowest BCUT2D eigenvalue weighted by molar-refractivity contribution is -0.747. The van der Waals surface area contributed by atoms with Gasteiger partial charge in [-0.1, -0.05) is 26.8 Å². The number of allylic oxidation sites excluding steroid dienone is 1. The molecule has 2 heterocycles. The molecular formula is C10H15N4S+. The normalized spacial score (nSPS) is 28.3. The molecule has 2 aliphatic rings. The Hall–Kier alpha value is -0.940. The molecular weight excluding hydrogens is 208 g/mol. The smallest absolute Gasteiger partial charge is 0.0934 e. The van der Waals surface area contributed by atoms with Crippen molar-refractivity contribution in [3.63, 3.8) is 0 Å². The maximum Gasteiger partial charge on any atom is 0.315 e. The summed E-state index contributed by atoms with van der Waals surface area (Å²) < 4.78 is 0.472. The first-order chi connectivity index (χ1) is 7.23. The van der Waals surface area contributed by atoms with Crippen molar-refractivity contribution in [2.45, 2.75) is 20.3 Å². The van der Waals surface area contributed by atoms with E-state index < -0.39 is 0 Å². The van der Waals surface area contributed by atoms with Gasteiger partial charge in [0.25, 0.3) is 5.84 Å². The van der Waals surface area contributed by atoms with E-state index in [0.717, 1.165) is 29.7 Å². The fourth-order valence-electron chi connectivity index (χ4n) is 1.86. The van der Waals surface area contributed by atoms with Gasteiger partial charge in [-0.25, -0.2) is 0 Å². The van der Waals surface area contributed by atoms with E-state index in [1.54, 1.807) is 11.8 Å². The predicted molar refractivity (Wildman–Crippen MR) is 66.1 cm³/mol. The minimum Gasteiger partial charge on any atom is -0.0934 e. The Labute approximate surface area is 94.0 Å². The number of hydrogen-bond donors (Lipinski definition) is 0. The van der Waals surface area contributed by atoms with Crippen LogP contribution in [0.5, 0.6) is 0 Å². The molecule has 5 heteroatoms. The molecule has 0 radical (unpaired) electrons. The van der Waals surface area contributed by atoms with E-state index in [4.69, 9.17) is 5.10 Å². The van der Waals surface area contributed by atoms with Crippen molar-refractivity contribution in [2.75, 3.05) is 12.8 Å². The molecule has 0 aromatic heterocycles. The molecule has 2 rings (SSSR count). The summed E-state index contributed by atoms with van der Waals surface area (Å²) in [7, 11) is 0. The maximum absolute atomic E-state index is 4.70. The van der Waals surface area contributed by atoms with E-state index in [9.17, 15) is 0 Å². The van der Waals surface area contributed by atoms with Crippen LogP contribution in [0.4, 0.5) is 0 Å². The van der Waals surface area contributed by atoms with Gasteiger partial charge in [-0.05, 0) is 37.4 Å². The van der Waals surface area contributed by atoms with Crippen molar-refractivity contribution in [1.29, 1.82) is 0 Å². The van der Waals surface area contributed by atoms with Gasteiger partial charge in [-0.2, -0.15) is 0 Å². The van der Waals surface area contributed by atoms with Crippen LogP contribution in [0.1, 0.15) is 20.3 Å². The Bertz CT molecular complexity index is 394. The minimum absolute atomic E-state index is 0.472. The van der Waals surface area contributed by atoms with E-state index in [2.05, 4.69) is 17.1 Å². The minimum atomic E-state index is 0.472. The number of fused-ring (bicyclic) bond motifs is 1. The molecule has 0 spiro atoms. The molecule has 15 heavy (non-hydrogen) atoms. The second-order valence-electron chi connectivity index (χ2n) is 3.61. The summed E-state index contributed by atoms with van der Waals surface area (Å²) in [4.78, 5) is 0. The number of nitrogens with zero attached hydrogens (tertiary/aromatic N) is 4. The third kappa shape index (κ3) is 1.55. The number of thioether (sulfide) groups is 1. The molecule has 0 fully saturated rings. The second kappa shape index (κ2) is 3.90. The van der Waals surface area contributed by atoms with E-state index in [0.29, 0.717) is 4.59 Å². The van der Waals surface area contributed by atoms with Gasteiger partial charge in [0.05, 0.1) is 5.71 Å². The summed E-state index contributed by atoms with van der Waals surface area (Å²) in [6, 6.07) is 0. The summed E-state index contributed by atoms with van der Waals surface area (Å²) in [5.41, 5.74) is 1.03. The molecule has 0 saturated heterocycles. The molecule has 2 aliphatic heterocycles. The van der Waals surface area contributed by atoms with Gasteiger partial charge in [0, 0.05) is 6.08 Å². The Kier molecular flexibility index (Phi) is 2.75. The van der Waals surface area contributed by atoms with Crippen molar-refractivity contribution in [3.05, 3.63) is 12.2 Å². The first-order valence-electron chi connectivity index (χ1n) is 5.06. The first-order valence-corrected chi connectivity index (χ1v) is 6.29. The van der Waals surface area contributed by atoms with E-state index in [-0.39, 0.29) is 0 Å². The van der Waals surface area contributed by atoms with Gasteiger partial charge in [0.2, 0.25) is 0 Å². The molecule has 0 N–H and O–H groups in total. The van der Waals surface area contributed by atoms with E-state index in [1.807, 2.05) is 25.3 Å². The largest absolute Gasteiger partial charge is 0.315 e. The SMILES string of the molecule is CCC[N+]12N=C(C)C=CC1=NN=C2SC. The topological polar surface area (TPSA) is 37.1 Å². The van der Waals surface area contributed by atoms with Gasteiger partial charge in [0.1, 0.15) is 6.54 Å². The van der Waals surface area contributed by atoms with Crippen molar-refractivity contribution < 1.29 is 4.59 Å². The van der Waals surface area contributed by atoms with Gasteiger partial charge in [0.15, 0.2) is 0 Å². The number of amidine groups is 2. The first kappa shape index (κ1) is 10.6. The molecule has 0 saturated carbocycles. The summed E-state index contributed by atoms with van der Waals surface area (Å²) in [5.74, 6) is 0.937. The van der Waals surface area contributed by atoms with Crippen LogP contribution in [-0.2, 0) is 0 Å². The lowest BCUT2D eigenvalue weighted by atomic mass is 10.3. The highest BCUT2D eigenvalue weighted by Crippen LogP contribution is 2.28. The number of rotatable bonds is 2. The molecule has 1 atom stereocenters. The van der Waals surface area contributed by atoms with Gasteiger partial charge < -0.3 is 0 Å². The molecule has 0 amide bonds. The predicted octanol–water partition coefficient (Wildman–Crippen LogP) is 2.21. The Morgan fingerprint density at radius 3 is 2.80 bits per heavy atom. The van der Waals surface area contributed by atoms with Crippen LogP contribution in [-0.4, -0.2) is 34.1 Å². The summed E-state index contributed by atoms with van der Waals surface area (Å²) in [5, 5.41) is 14.1. The van der Waals surface area contributed by atoms with E-state index >= 15 is 0 Å². The zero-order valence-corrected chi connectivity index (χ0v) is 10.1. The fourth-order valence-corrected chi connectivity index (χ4v) is 2.51. The van der Waals surface area contributed by atoms with Gasteiger partial charge >= 0.3 is 5.17 Å². The van der Waals surface area contributed by atoms with Crippen LogP contribution in [0.3, 0.4) is 0 Å². The van der Waals surface area contributed by atoms with Crippen LogP contribution >= 0.6 is 11.8 Å². The highest BCUT2D eigenvalue weighted by atomic mass is 32.2. The Morgan fingerprint density at radius 1 is 1.33 bits per heavy atom. The molecule has 0 aliphatic carbocycles. The monoisotopic (exact) mass is 223 g/mol. The summed E-state index contributed by atoms with van der Waals surface area (Å²) >= 11 is 1.63. The third-order valence-corrected chi connectivity index (χ3v) is 3.21. The average Bonchev–Trinajstić information content (AvgIpc) is 2.55. The maximum atomic E-state index is 4.70. The molecule has 4 nitrogen and oxygen atoms in total.